The molecule has 22 heavy (non-hydrogen) atoms. The highest BCUT2D eigenvalue weighted by Gasteiger charge is 2.29. The fourth-order valence-corrected chi connectivity index (χ4v) is 3.88. The van der Waals surface area contributed by atoms with E-state index in [2.05, 4.69) is 35.8 Å². The number of anilines is 1. The fourth-order valence-electron chi connectivity index (χ4n) is 2.66. The minimum absolute atomic E-state index is 0.0617. The van der Waals surface area contributed by atoms with Crippen LogP contribution in [-0.2, 0) is 11.3 Å². The van der Waals surface area contributed by atoms with Crippen LogP contribution in [0.15, 0.2) is 53.4 Å². The van der Waals surface area contributed by atoms with Gasteiger partial charge in [-0.05, 0) is 29.8 Å². The van der Waals surface area contributed by atoms with Crippen molar-refractivity contribution in [3.8, 4) is 0 Å². The lowest BCUT2D eigenvalue weighted by molar-refractivity contribution is -0.117. The van der Waals surface area contributed by atoms with Crippen LogP contribution in [0.5, 0.6) is 0 Å². The van der Waals surface area contributed by atoms with E-state index in [1.54, 1.807) is 11.8 Å². The van der Waals surface area contributed by atoms with Crippen LogP contribution in [-0.4, -0.2) is 18.2 Å². The van der Waals surface area contributed by atoms with Gasteiger partial charge in [0.2, 0.25) is 5.91 Å². The first kappa shape index (κ1) is 15.1. The largest absolute Gasteiger partial charge is 0.325 e. The molecule has 0 saturated heterocycles. The van der Waals surface area contributed by atoms with Crippen LogP contribution in [0.1, 0.15) is 24.0 Å². The maximum absolute atomic E-state index is 12.7. The average molecular weight is 312 g/mol. The van der Waals surface area contributed by atoms with Crippen molar-refractivity contribution in [2.45, 2.75) is 24.3 Å². The lowest BCUT2D eigenvalue weighted by Crippen LogP contribution is -2.22. The molecule has 4 heteroatoms. The molecule has 0 aromatic heterocycles. The summed E-state index contributed by atoms with van der Waals surface area (Å²) in [6, 6.07) is 16.2. The highest BCUT2D eigenvalue weighted by atomic mass is 32.2. The highest BCUT2D eigenvalue weighted by Crippen LogP contribution is 2.39. The zero-order valence-electron chi connectivity index (χ0n) is 12.6. The van der Waals surface area contributed by atoms with Crippen molar-refractivity contribution in [2.24, 2.45) is 0 Å². The molecule has 114 valence electrons. The first-order chi connectivity index (χ1) is 10.8. The molecule has 1 atom stereocenters. The molecule has 2 aromatic rings. The molecule has 1 aliphatic rings. The molecule has 1 heterocycles. The van der Waals surface area contributed by atoms with Crippen LogP contribution >= 0.6 is 11.8 Å². The molecule has 3 rings (SSSR count). The van der Waals surface area contributed by atoms with Gasteiger partial charge in [-0.25, -0.2) is 0 Å². The predicted molar refractivity (Wildman–Crippen MR) is 92.4 cm³/mol. The second kappa shape index (κ2) is 6.99. The standard InChI is InChI=1S/C18H20N2OS/c1-2-19-11-13-7-3-5-9-16(13)20-18(21)15-12-22-17-10-6-4-8-14(15)17/h3-10,15,19H,2,11-12H2,1H3,(H,20,21). The van der Waals surface area contributed by atoms with Crippen molar-refractivity contribution in [2.75, 3.05) is 17.6 Å². The fraction of sp³-hybridized carbons (Fsp3) is 0.278. The van der Waals surface area contributed by atoms with Gasteiger partial charge in [-0.1, -0.05) is 43.3 Å². The number of thioether (sulfide) groups is 1. The number of rotatable bonds is 5. The van der Waals surface area contributed by atoms with E-state index in [4.69, 9.17) is 0 Å². The minimum atomic E-state index is -0.0617. The summed E-state index contributed by atoms with van der Waals surface area (Å²) in [5.41, 5.74) is 3.17. The van der Waals surface area contributed by atoms with Gasteiger partial charge < -0.3 is 10.6 Å². The summed E-state index contributed by atoms with van der Waals surface area (Å²) < 4.78 is 0. The lowest BCUT2D eigenvalue weighted by Gasteiger charge is -2.15. The third-order valence-corrected chi connectivity index (χ3v) is 5.04. The molecule has 1 unspecified atom stereocenters. The zero-order chi connectivity index (χ0) is 15.4. The smallest absolute Gasteiger partial charge is 0.232 e. The van der Waals surface area contributed by atoms with E-state index >= 15 is 0 Å². The molecular weight excluding hydrogens is 292 g/mol. The molecule has 0 fully saturated rings. The Hall–Kier alpha value is -1.78. The van der Waals surface area contributed by atoms with Crippen LogP contribution in [0.2, 0.25) is 0 Å². The van der Waals surface area contributed by atoms with Gasteiger partial charge in [0.05, 0.1) is 5.92 Å². The number of hydrogen-bond acceptors (Lipinski definition) is 3. The van der Waals surface area contributed by atoms with Crippen LogP contribution < -0.4 is 10.6 Å². The number of nitrogens with one attached hydrogen (secondary N) is 2. The molecule has 0 aliphatic carbocycles. The Kier molecular flexibility index (Phi) is 4.80. The Morgan fingerprint density at radius 3 is 2.82 bits per heavy atom. The van der Waals surface area contributed by atoms with Gasteiger partial charge in [0.15, 0.2) is 0 Å². The molecule has 1 aliphatic heterocycles. The third kappa shape index (κ3) is 3.18. The first-order valence-corrected chi connectivity index (χ1v) is 8.59. The molecule has 0 radical (unpaired) electrons. The summed E-state index contributed by atoms with van der Waals surface area (Å²) in [5.74, 6) is 0.843. The van der Waals surface area contributed by atoms with Crippen LogP contribution in [0.25, 0.3) is 0 Å². The zero-order valence-corrected chi connectivity index (χ0v) is 13.5. The van der Waals surface area contributed by atoms with Crippen molar-refractivity contribution in [1.29, 1.82) is 0 Å². The van der Waals surface area contributed by atoms with Gasteiger partial charge in [0.25, 0.3) is 0 Å². The molecule has 0 spiro atoms. The highest BCUT2D eigenvalue weighted by molar-refractivity contribution is 7.99. The van der Waals surface area contributed by atoms with Gasteiger partial charge in [-0.15, -0.1) is 11.8 Å². The van der Waals surface area contributed by atoms with Crippen molar-refractivity contribution in [1.82, 2.24) is 5.32 Å². The second-order valence-electron chi connectivity index (χ2n) is 5.33. The van der Waals surface area contributed by atoms with Crippen molar-refractivity contribution in [3.63, 3.8) is 0 Å². The summed E-state index contributed by atoms with van der Waals surface area (Å²) in [5, 5.41) is 6.42. The maximum atomic E-state index is 12.7. The van der Waals surface area contributed by atoms with Gasteiger partial charge in [-0.3, -0.25) is 4.79 Å². The van der Waals surface area contributed by atoms with Crippen LogP contribution in [0.3, 0.4) is 0 Å². The van der Waals surface area contributed by atoms with E-state index in [-0.39, 0.29) is 11.8 Å². The number of benzene rings is 2. The maximum Gasteiger partial charge on any atom is 0.232 e. The first-order valence-electron chi connectivity index (χ1n) is 7.60. The molecule has 0 saturated carbocycles. The number of amides is 1. The van der Waals surface area contributed by atoms with E-state index in [0.29, 0.717) is 0 Å². The summed E-state index contributed by atoms with van der Waals surface area (Å²) in [6.45, 7) is 3.76. The minimum Gasteiger partial charge on any atom is -0.325 e. The Morgan fingerprint density at radius 2 is 1.95 bits per heavy atom. The SMILES string of the molecule is CCNCc1ccccc1NC(=O)C1CSc2ccccc21. The number of fused-ring (bicyclic) bond motifs is 1. The molecule has 2 N–H and O–H groups in total. The number of carbonyl (C=O) groups is 1. The van der Waals surface area contributed by atoms with Gasteiger partial charge in [0.1, 0.15) is 0 Å². The third-order valence-electron chi connectivity index (χ3n) is 3.86. The van der Waals surface area contributed by atoms with Gasteiger partial charge >= 0.3 is 0 Å². The Balaban J connectivity index is 1.76. The molecule has 2 aromatic carbocycles. The van der Waals surface area contributed by atoms with Crippen LogP contribution in [0.4, 0.5) is 5.69 Å². The van der Waals surface area contributed by atoms with E-state index in [9.17, 15) is 4.79 Å². The molecule has 1 amide bonds. The Labute approximate surface area is 135 Å². The topological polar surface area (TPSA) is 41.1 Å². The summed E-state index contributed by atoms with van der Waals surface area (Å²) in [7, 11) is 0. The van der Waals surface area contributed by atoms with E-state index in [1.165, 1.54) is 4.90 Å². The van der Waals surface area contributed by atoms with Crippen molar-refractivity contribution in [3.05, 3.63) is 59.7 Å². The Morgan fingerprint density at radius 1 is 1.18 bits per heavy atom. The monoisotopic (exact) mass is 312 g/mol. The van der Waals surface area contributed by atoms with E-state index in [0.717, 1.165) is 35.7 Å². The quantitative estimate of drug-likeness (QED) is 0.886. The Bertz CT molecular complexity index is 672. The summed E-state index contributed by atoms with van der Waals surface area (Å²) in [6.07, 6.45) is 0. The second-order valence-corrected chi connectivity index (χ2v) is 6.39. The summed E-state index contributed by atoms with van der Waals surface area (Å²) in [4.78, 5) is 13.9. The van der Waals surface area contributed by atoms with Crippen molar-refractivity contribution < 1.29 is 4.79 Å². The lowest BCUT2D eigenvalue weighted by atomic mass is 10.0. The van der Waals surface area contributed by atoms with Crippen molar-refractivity contribution >= 4 is 23.4 Å². The van der Waals surface area contributed by atoms with Gasteiger partial charge in [-0.2, -0.15) is 0 Å². The predicted octanol–water partition coefficient (Wildman–Crippen LogP) is 3.62. The van der Waals surface area contributed by atoms with Gasteiger partial charge in [0, 0.05) is 22.9 Å². The van der Waals surface area contributed by atoms with Crippen LogP contribution in [0, 0.1) is 0 Å². The summed E-state index contributed by atoms with van der Waals surface area (Å²) >= 11 is 1.76. The number of carbonyl (C=O) groups excluding carboxylic acids is 1. The van der Waals surface area contributed by atoms with E-state index in [1.807, 2.05) is 30.3 Å². The molecule has 0 bridgehead atoms. The average Bonchev–Trinajstić information content (AvgIpc) is 2.98. The number of para-hydroxylation sites is 1. The van der Waals surface area contributed by atoms with E-state index < -0.39 is 0 Å². The molecular formula is C18H20N2OS. The normalized spacial score (nSPS) is 16.3. The molecule has 3 nitrogen and oxygen atoms in total. The number of hydrogen-bond donors (Lipinski definition) is 2.